The van der Waals surface area contributed by atoms with Crippen LogP contribution in [0.4, 0.5) is 16.2 Å². The van der Waals surface area contributed by atoms with Crippen LogP contribution in [0.25, 0.3) is 0 Å². The van der Waals surface area contributed by atoms with Gasteiger partial charge in [-0.05, 0) is 6.07 Å². The number of fused-ring (bicyclic) bond motifs is 3. The van der Waals surface area contributed by atoms with Crippen LogP contribution in [0.5, 0.6) is 0 Å². The van der Waals surface area contributed by atoms with Crippen molar-refractivity contribution in [1.82, 2.24) is 5.32 Å². The van der Waals surface area contributed by atoms with Gasteiger partial charge in [0.2, 0.25) is 5.91 Å². The standard InChI is InChI=1S/C12H12N3O8P/c16-10(12-5-21-24(20,22-6-12)23-7-12)14-11(17)13-8-2-1-3-9(4-8)15(18)19/h1-4H,5-7H2,(H2,13,14,16,17). The van der Waals surface area contributed by atoms with Crippen LogP contribution in [0.1, 0.15) is 0 Å². The van der Waals surface area contributed by atoms with E-state index in [9.17, 15) is 24.3 Å². The van der Waals surface area contributed by atoms with E-state index in [1.165, 1.54) is 18.2 Å². The number of amides is 3. The van der Waals surface area contributed by atoms with Crippen molar-refractivity contribution in [2.24, 2.45) is 5.41 Å². The minimum atomic E-state index is -3.56. The van der Waals surface area contributed by atoms with Crippen molar-refractivity contribution in [3.05, 3.63) is 34.4 Å². The Balaban J connectivity index is 1.63. The second-order valence-corrected chi connectivity index (χ2v) is 6.93. The van der Waals surface area contributed by atoms with E-state index >= 15 is 0 Å². The monoisotopic (exact) mass is 357 g/mol. The Morgan fingerprint density at radius 2 is 1.83 bits per heavy atom. The van der Waals surface area contributed by atoms with Crippen molar-refractivity contribution in [3.63, 3.8) is 0 Å². The van der Waals surface area contributed by atoms with Gasteiger partial charge in [-0.25, -0.2) is 9.36 Å². The molecule has 3 amide bonds. The summed E-state index contributed by atoms with van der Waals surface area (Å²) in [5.41, 5.74) is -1.33. The summed E-state index contributed by atoms with van der Waals surface area (Å²) in [4.78, 5) is 34.2. The molecule has 2 N–H and O–H groups in total. The Kier molecular flexibility index (Phi) is 4.10. The van der Waals surface area contributed by atoms with E-state index in [-0.39, 0.29) is 31.2 Å². The van der Waals surface area contributed by atoms with Gasteiger partial charge in [-0.3, -0.25) is 33.8 Å². The number of phosphoric acid groups is 1. The molecule has 0 unspecified atom stereocenters. The first-order valence-corrected chi connectivity index (χ1v) is 8.19. The third-order valence-electron chi connectivity index (χ3n) is 3.52. The highest BCUT2D eigenvalue weighted by Crippen LogP contribution is 2.59. The number of carbonyl (C=O) groups is 2. The molecule has 2 bridgehead atoms. The third-order valence-corrected chi connectivity index (χ3v) is 4.86. The molecule has 3 heterocycles. The second-order valence-electron chi connectivity index (χ2n) is 5.26. The van der Waals surface area contributed by atoms with Crippen molar-refractivity contribution in [2.45, 2.75) is 0 Å². The van der Waals surface area contributed by atoms with E-state index in [1.54, 1.807) is 0 Å². The summed E-state index contributed by atoms with van der Waals surface area (Å²) in [6, 6.07) is 4.36. The van der Waals surface area contributed by atoms with E-state index in [0.29, 0.717) is 0 Å². The van der Waals surface area contributed by atoms with Gasteiger partial charge in [0.1, 0.15) is 5.41 Å². The van der Waals surface area contributed by atoms with Crippen LogP contribution in [0.15, 0.2) is 24.3 Å². The van der Waals surface area contributed by atoms with Crippen LogP contribution >= 0.6 is 7.82 Å². The van der Waals surface area contributed by atoms with Crippen LogP contribution in [0, 0.1) is 15.5 Å². The fourth-order valence-electron chi connectivity index (χ4n) is 2.14. The van der Waals surface area contributed by atoms with Crippen molar-refractivity contribution < 1.29 is 32.6 Å². The summed E-state index contributed by atoms with van der Waals surface area (Å²) >= 11 is 0. The average Bonchev–Trinajstić information content (AvgIpc) is 2.56. The topological polar surface area (TPSA) is 146 Å². The molecule has 3 fully saturated rings. The van der Waals surface area contributed by atoms with Crippen molar-refractivity contribution in [2.75, 3.05) is 25.1 Å². The minimum absolute atomic E-state index is 0.146. The molecule has 0 spiro atoms. The maximum atomic E-state index is 12.2. The summed E-state index contributed by atoms with van der Waals surface area (Å²) in [5, 5.41) is 15.1. The lowest BCUT2D eigenvalue weighted by molar-refractivity contribution is -0.384. The van der Waals surface area contributed by atoms with Crippen molar-refractivity contribution in [1.29, 1.82) is 0 Å². The van der Waals surface area contributed by atoms with Crippen LogP contribution in [0.2, 0.25) is 0 Å². The Labute approximate surface area is 135 Å². The van der Waals surface area contributed by atoms with Crippen molar-refractivity contribution >= 4 is 31.1 Å². The predicted molar refractivity (Wildman–Crippen MR) is 78.2 cm³/mol. The van der Waals surface area contributed by atoms with Gasteiger partial charge < -0.3 is 5.32 Å². The molecule has 0 aliphatic carbocycles. The molecule has 0 saturated carbocycles. The number of benzene rings is 1. The van der Waals surface area contributed by atoms with E-state index in [0.717, 1.165) is 6.07 Å². The maximum absolute atomic E-state index is 12.2. The summed E-state index contributed by atoms with van der Waals surface area (Å²) in [5.74, 6) is -0.726. The van der Waals surface area contributed by atoms with Gasteiger partial charge in [0.25, 0.3) is 5.69 Å². The average molecular weight is 357 g/mol. The molecule has 0 atom stereocenters. The molecular formula is C12H12N3O8P. The lowest BCUT2D eigenvalue weighted by atomic mass is 9.90. The molecular weight excluding hydrogens is 345 g/mol. The first-order valence-electron chi connectivity index (χ1n) is 6.73. The summed E-state index contributed by atoms with van der Waals surface area (Å²) in [6.07, 6.45) is 0. The summed E-state index contributed by atoms with van der Waals surface area (Å²) < 4.78 is 26.2. The molecule has 0 aromatic heterocycles. The number of phosphoric ester groups is 1. The fourth-order valence-corrected chi connectivity index (χ4v) is 3.58. The Hall–Kier alpha value is -2.33. The van der Waals surface area contributed by atoms with Gasteiger partial charge in [-0.1, -0.05) is 6.07 Å². The highest BCUT2D eigenvalue weighted by molar-refractivity contribution is 7.48. The molecule has 128 valence electrons. The molecule has 3 saturated heterocycles. The number of nitro groups is 1. The van der Waals surface area contributed by atoms with Crippen LogP contribution in [-0.2, 0) is 22.9 Å². The molecule has 3 aliphatic rings. The SMILES string of the molecule is O=C(NC(=O)C12COP(=O)(OC1)OC2)Nc1cccc([N+](=O)[O-])c1. The van der Waals surface area contributed by atoms with Gasteiger partial charge in [0, 0.05) is 17.8 Å². The fraction of sp³-hybridized carbons (Fsp3) is 0.333. The number of imide groups is 1. The zero-order valence-corrected chi connectivity index (χ0v) is 13.0. The smallest absolute Gasteiger partial charge is 0.307 e. The quantitative estimate of drug-likeness (QED) is 0.469. The van der Waals surface area contributed by atoms with E-state index < -0.39 is 30.1 Å². The Morgan fingerprint density at radius 3 is 2.42 bits per heavy atom. The summed E-state index contributed by atoms with van der Waals surface area (Å²) in [7, 11) is -3.56. The lowest BCUT2D eigenvalue weighted by Gasteiger charge is -2.42. The molecule has 24 heavy (non-hydrogen) atoms. The largest absolute Gasteiger partial charge is 0.474 e. The number of non-ortho nitro benzene ring substituents is 1. The van der Waals surface area contributed by atoms with Gasteiger partial charge in [0.05, 0.1) is 24.7 Å². The number of rotatable bonds is 3. The zero-order valence-electron chi connectivity index (χ0n) is 12.1. The number of hydrogen-bond acceptors (Lipinski definition) is 8. The highest BCUT2D eigenvalue weighted by atomic mass is 31.2. The third kappa shape index (κ3) is 3.15. The molecule has 1 aromatic rings. The number of carbonyl (C=O) groups excluding carboxylic acids is 2. The minimum Gasteiger partial charge on any atom is -0.307 e. The number of nitrogens with zero attached hydrogens (tertiary/aromatic N) is 1. The van der Waals surface area contributed by atoms with Crippen LogP contribution in [0.3, 0.4) is 0 Å². The van der Waals surface area contributed by atoms with Gasteiger partial charge in [0.15, 0.2) is 0 Å². The van der Waals surface area contributed by atoms with E-state index in [2.05, 4.69) is 10.6 Å². The van der Waals surface area contributed by atoms with E-state index in [4.69, 9.17) is 13.6 Å². The zero-order chi connectivity index (χ0) is 17.4. The number of nitrogens with one attached hydrogen (secondary N) is 2. The second kappa shape index (κ2) is 5.95. The number of anilines is 1. The molecule has 12 heteroatoms. The summed E-state index contributed by atoms with van der Waals surface area (Å²) in [6.45, 7) is -0.583. The van der Waals surface area contributed by atoms with Gasteiger partial charge in [-0.15, -0.1) is 0 Å². The molecule has 1 aromatic carbocycles. The van der Waals surface area contributed by atoms with Crippen LogP contribution in [-0.4, -0.2) is 36.7 Å². The molecule has 3 aliphatic heterocycles. The van der Waals surface area contributed by atoms with E-state index in [1.807, 2.05) is 0 Å². The number of nitro benzene ring substituents is 1. The molecule has 11 nitrogen and oxygen atoms in total. The van der Waals surface area contributed by atoms with Gasteiger partial charge in [-0.2, -0.15) is 0 Å². The predicted octanol–water partition coefficient (Wildman–Crippen LogP) is 1.41. The highest BCUT2D eigenvalue weighted by Gasteiger charge is 2.55. The number of urea groups is 1. The first kappa shape index (κ1) is 16.5. The van der Waals surface area contributed by atoms with Gasteiger partial charge >= 0.3 is 13.9 Å². The van der Waals surface area contributed by atoms with Crippen LogP contribution < -0.4 is 10.6 Å². The molecule has 0 radical (unpaired) electrons. The lowest BCUT2D eigenvalue weighted by Crippen LogP contribution is -2.56. The number of hydrogen-bond donors (Lipinski definition) is 2. The maximum Gasteiger partial charge on any atom is 0.474 e. The Morgan fingerprint density at radius 1 is 1.21 bits per heavy atom. The molecule has 4 rings (SSSR count). The normalized spacial score (nSPS) is 28.2. The first-order chi connectivity index (χ1) is 11.3. The van der Waals surface area contributed by atoms with Crippen molar-refractivity contribution in [3.8, 4) is 0 Å². The Bertz CT molecular complexity index is 735.